The highest BCUT2D eigenvalue weighted by molar-refractivity contribution is 6.04. The lowest BCUT2D eigenvalue weighted by atomic mass is 9.93. The summed E-state index contributed by atoms with van der Waals surface area (Å²) in [6.07, 6.45) is -0.897. The average molecular weight is 300 g/mol. The van der Waals surface area contributed by atoms with Crippen LogP contribution in [0.15, 0.2) is 54.6 Å². The quantitative estimate of drug-likeness (QED) is 0.684. The van der Waals surface area contributed by atoms with Gasteiger partial charge in [-0.25, -0.2) is 4.39 Å². The van der Waals surface area contributed by atoms with Crippen molar-refractivity contribution in [2.75, 3.05) is 0 Å². The van der Waals surface area contributed by atoms with Crippen LogP contribution in [0.25, 0.3) is 0 Å². The van der Waals surface area contributed by atoms with Gasteiger partial charge in [0, 0.05) is 11.1 Å². The largest absolute Gasteiger partial charge is 0.622 e. The van der Waals surface area contributed by atoms with E-state index in [0.717, 1.165) is 15.4 Å². The first-order valence-corrected chi connectivity index (χ1v) is 7.06. The average Bonchev–Trinajstić information content (AvgIpc) is 2.67. The van der Waals surface area contributed by atoms with Gasteiger partial charge in [0.05, 0.1) is 0 Å². The van der Waals surface area contributed by atoms with Gasteiger partial charge in [-0.15, -0.1) is 5.06 Å². The first-order valence-electron chi connectivity index (χ1n) is 7.06. The summed E-state index contributed by atoms with van der Waals surface area (Å²) in [6.45, 7) is 3.56. The Kier molecular flexibility index (Phi) is 3.47. The molecule has 0 bridgehead atoms. The molecule has 0 fully saturated rings. The van der Waals surface area contributed by atoms with Crippen LogP contribution < -0.4 is 0 Å². The lowest BCUT2D eigenvalue weighted by Gasteiger charge is -2.25. The number of hydrogen-bond acceptors (Lipinski definition) is 3. The van der Waals surface area contributed by atoms with Crippen LogP contribution in [-0.2, 0) is 0 Å². The van der Waals surface area contributed by atoms with Gasteiger partial charge >= 0.3 is 0 Å². The molecule has 0 aromatic heterocycles. The van der Waals surface area contributed by atoms with E-state index < -0.39 is 11.7 Å². The van der Waals surface area contributed by atoms with Crippen molar-refractivity contribution in [3.8, 4) is 0 Å². The number of halogens is 1. The van der Waals surface area contributed by atoms with Crippen LogP contribution in [0.4, 0.5) is 4.39 Å². The Morgan fingerprint density at radius 1 is 1.09 bits per heavy atom. The molecule has 0 unspecified atom stereocenters. The normalized spacial score (nSPS) is 21.4. The molecule has 0 aliphatic carbocycles. The SMILES string of the molecule is CC1(C)C(c2ccccc2)=[N+]([O-])[C@H](c2ccc(F)cc2)N1O. The maximum absolute atomic E-state index is 13.1. The molecule has 1 atom stereocenters. The van der Waals surface area contributed by atoms with Crippen molar-refractivity contribution in [2.45, 2.75) is 25.6 Å². The van der Waals surface area contributed by atoms with E-state index in [1.807, 2.05) is 30.3 Å². The predicted octanol–water partition coefficient (Wildman–Crippen LogP) is 3.31. The monoisotopic (exact) mass is 300 g/mol. The molecule has 114 valence electrons. The molecule has 1 aliphatic heterocycles. The Labute approximate surface area is 128 Å². The van der Waals surface area contributed by atoms with E-state index in [-0.39, 0.29) is 5.82 Å². The van der Waals surface area contributed by atoms with Gasteiger partial charge in [-0.05, 0) is 50.2 Å². The van der Waals surface area contributed by atoms with Gasteiger partial charge < -0.3 is 10.4 Å². The molecule has 2 aromatic rings. The van der Waals surface area contributed by atoms with Crippen LogP contribution in [0.1, 0.15) is 31.1 Å². The van der Waals surface area contributed by atoms with Gasteiger partial charge in [-0.3, -0.25) is 0 Å². The van der Waals surface area contributed by atoms with Crippen molar-refractivity contribution in [3.63, 3.8) is 0 Å². The molecule has 0 radical (unpaired) electrons. The van der Waals surface area contributed by atoms with Crippen LogP contribution in [-0.4, -0.2) is 26.3 Å². The highest BCUT2D eigenvalue weighted by Crippen LogP contribution is 2.36. The van der Waals surface area contributed by atoms with E-state index in [4.69, 9.17) is 0 Å². The van der Waals surface area contributed by atoms with Gasteiger partial charge in [0.1, 0.15) is 11.4 Å². The first kappa shape index (κ1) is 14.7. The fourth-order valence-corrected chi connectivity index (χ4v) is 2.89. The van der Waals surface area contributed by atoms with E-state index in [1.54, 1.807) is 13.8 Å². The van der Waals surface area contributed by atoms with E-state index >= 15 is 0 Å². The molecule has 0 amide bonds. The van der Waals surface area contributed by atoms with Gasteiger partial charge in [-0.1, -0.05) is 18.2 Å². The summed E-state index contributed by atoms with van der Waals surface area (Å²) in [5.41, 5.74) is 0.913. The lowest BCUT2D eigenvalue weighted by Crippen LogP contribution is -2.44. The van der Waals surface area contributed by atoms with Crippen molar-refractivity contribution in [1.29, 1.82) is 0 Å². The second-order valence-electron chi connectivity index (χ2n) is 5.87. The van der Waals surface area contributed by atoms with E-state index in [0.29, 0.717) is 11.3 Å². The minimum atomic E-state index is -0.897. The molecule has 5 heteroatoms. The molecule has 22 heavy (non-hydrogen) atoms. The Morgan fingerprint density at radius 2 is 1.68 bits per heavy atom. The maximum Gasteiger partial charge on any atom is 0.268 e. The molecule has 1 aliphatic rings. The Balaban J connectivity index is 2.13. The number of benzene rings is 2. The van der Waals surface area contributed by atoms with Crippen molar-refractivity contribution >= 4 is 5.71 Å². The predicted molar refractivity (Wildman–Crippen MR) is 81.0 cm³/mol. The Bertz CT molecular complexity index is 711. The maximum atomic E-state index is 13.1. The summed E-state index contributed by atoms with van der Waals surface area (Å²) >= 11 is 0. The highest BCUT2D eigenvalue weighted by atomic mass is 19.1. The fourth-order valence-electron chi connectivity index (χ4n) is 2.89. The molecule has 0 spiro atoms. The van der Waals surface area contributed by atoms with Crippen LogP contribution in [0.3, 0.4) is 0 Å². The topological polar surface area (TPSA) is 49.5 Å². The zero-order valence-corrected chi connectivity index (χ0v) is 12.4. The van der Waals surface area contributed by atoms with Crippen molar-refractivity contribution < 1.29 is 14.3 Å². The number of nitrogens with zero attached hydrogens (tertiary/aromatic N) is 2. The Hall–Kier alpha value is -2.24. The number of hydrogen-bond donors (Lipinski definition) is 1. The van der Waals surface area contributed by atoms with E-state index in [9.17, 15) is 14.8 Å². The number of rotatable bonds is 2. The zero-order valence-electron chi connectivity index (χ0n) is 12.4. The second kappa shape index (κ2) is 5.19. The molecule has 4 nitrogen and oxygen atoms in total. The second-order valence-corrected chi connectivity index (χ2v) is 5.87. The highest BCUT2D eigenvalue weighted by Gasteiger charge is 2.52. The molecule has 3 rings (SSSR count). The van der Waals surface area contributed by atoms with Gasteiger partial charge in [-0.2, -0.15) is 4.74 Å². The third-order valence-corrected chi connectivity index (χ3v) is 4.04. The van der Waals surface area contributed by atoms with Gasteiger partial charge in [0.2, 0.25) is 5.71 Å². The van der Waals surface area contributed by atoms with Crippen molar-refractivity contribution in [2.24, 2.45) is 0 Å². The van der Waals surface area contributed by atoms with Crippen molar-refractivity contribution in [3.05, 3.63) is 76.7 Å². The van der Waals surface area contributed by atoms with Gasteiger partial charge in [0.25, 0.3) is 6.17 Å². The Morgan fingerprint density at radius 3 is 2.27 bits per heavy atom. The summed E-state index contributed by atoms with van der Waals surface area (Å²) in [4.78, 5) is 0. The molecule has 1 heterocycles. The van der Waals surface area contributed by atoms with Crippen LogP contribution >= 0.6 is 0 Å². The summed E-state index contributed by atoms with van der Waals surface area (Å²) in [7, 11) is 0. The van der Waals surface area contributed by atoms with Crippen LogP contribution in [0.2, 0.25) is 0 Å². The van der Waals surface area contributed by atoms with E-state index in [1.165, 1.54) is 24.3 Å². The summed E-state index contributed by atoms with van der Waals surface area (Å²) < 4.78 is 13.9. The molecule has 0 saturated carbocycles. The fraction of sp³-hybridized carbons (Fsp3) is 0.235. The lowest BCUT2D eigenvalue weighted by molar-refractivity contribution is -0.544. The van der Waals surface area contributed by atoms with Crippen LogP contribution in [0, 0.1) is 11.0 Å². The third-order valence-electron chi connectivity index (χ3n) is 4.04. The number of hydroxylamine groups is 3. The minimum absolute atomic E-state index is 0.379. The third kappa shape index (κ3) is 2.19. The standard InChI is InChI=1S/C17H17FN2O2/c1-17(2)15(12-6-4-3-5-7-12)19(21)16(20(17)22)13-8-10-14(18)11-9-13/h3-11,16,22H,1-2H3/t16-/m0/s1. The summed E-state index contributed by atoms with van der Waals surface area (Å²) in [5.74, 6) is -0.379. The molecule has 0 saturated heterocycles. The van der Waals surface area contributed by atoms with Crippen LogP contribution in [0.5, 0.6) is 0 Å². The summed E-state index contributed by atoms with van der Waals surface area (Å²) in [5, 5.41) is 24.3. The molecule has 2 aromatic carbocycles. The minimum Gasteiger partial charge on any atom is -0.622 e. The zero-order chi connectivity index (χ0) is 15.9. The molecular formula is C17H17FN2O2. The van der Waals surface area contributed by atoms with Crippen molar-refractivity contribution in [1.82, 2.24) is 5.06 Å². The molecular weight excluding hydrogens is 283 g/mol. The molecule has 1 N–H and O–H groups in total. The van der Waals surface area contributed by atoms with Gasteiger partial charge in [0.15, 0.2) is 0 Å². The van der Waals surface area contributed by atoms with E-state index in [2.05, 4.69) is 0 Å². The smallest absolute Gasteiger partial charge is 0.268 e. The summed E-state index contributed by atoms with van der Waals surface area (Å²) in [6, 6.07) is 14.8. The first-order chi connectivity index (χ1) is 10.4.